The molecule has 3 rings (SSSR count). The van der Waals surface area contributed by atoms with E-state index in [0.717, 1.165) is 42.5 Å². The number of nitrogens with two attached hydrogens (primary N) is 1. The fourth-order valence-corrected chi connectivity index (χ4v) is 2.94. The molecule has 2 heterocycles. The Kier molecular flexibility index (Phi) is 3.69. The van der Waals surface area contributed by atoms with Crippen LogP contribution in [0.3, 0.4) is 0 Å². The Morgan fingerprint density at radius 3 is 3.00 bits per heavy atom. The van der Waals surface area contributed by atoms with Crippen LogP contribution in [0.25, 0.3) is 10.9 Å². The minimum atomic E-state index is 0.136. The second kappa shape index (κ2) is 5.63. The van der Waals surface area contributed by atoms with Crippen molar-refractivity contribution < 1.29 is 5.11 Å². The van der Waals surface area contributed by atoms with Gasteiger partial charge < -0.3 is 15.7 Å². The Morgan fingerprint density at radius 1 is 1.25 bits per heavy atom. The predicted octanol–water partition coefficient (Wildman–Crippen LogP) is 1.95. The monoisotopic (exact) mass is 272 g/mol. The first-order valence-electron chi connectivity index (χ1n) is 7.17. The molecule has 1 aliphatic rings. The smallest absolute Gasteiger partial charge is 0.140 e. The maximum Gasteiger partial charge on any atom is 0.140 e. The van der Waals surface area contributed by atoms with E-state index < -0.39 is 0 Å². The van der Waals surface area contributed by atoms with Gasteiger partial charge in [0, 0.05) is 17.6 Å². The van der Waals surface area contributed by atoms with Crippen molar-refractivity contribution in [3.63, 3.8) is 0 Å². The van der Waals surface area contributed by atoms with E-state index in [1.165, 1.54) is 6.42 Å². The molecule has 0 spiro atoms. The van der Waals surface area contributed by atoms with Gasteiger partial charge in [-0.3, -0.25) is 0 Å². The third-order valence-corrected chi connectivity index (χ3v) is 4.00. The van der Waals surface area contributed by atoms with Crippen molar-refractivity contribution in [3.8, 4) is 0 Å². The summed E-state index contributed by atoms with van der Waals surface area (Å²) >= 11 is 0. The molecule has 1 atom stereocenters. The van der Waals surface area contributed by atoms with Gasteiger partial charge in [0.05, 0.1) is 18.2 Å². The maximum atomic E-state index is 9.66. The van der Waals surface area contributed by atoms with E-state index in [-0.39, 0.29) is 12.6 Å². The molecule has 1 unspecified atom stereocenters. The van der Waals surface area contributed by atoms with E-state index in [4.69, 9.17) is 5.73 Å². The third-order valence-electron chi connectivity index (χ3n) is 4.00. The van der Waals surface area contributed by atoms with Gasteiger partial charge in [-0.05, 0) is 31.0 Å². The highest BCUT2D eigenvalue weighted by molar-refractivity contribution is 5.91. The molecule has 0 bridgehead atoms. The first kappa shape index (κ1) is 13.1. The number of aliphatic hydroxyl groups excluding tert-OH is 1. The average molecular weight is 272 g/mol. The fraction of sp³-hybridized carbons (Fsp3) is 0.467. The van der Waals surface area contributed by atoms with Crippen LogP contribution in [0.1, 0.15) is 25.7 Å². The SMILES string of the molecule is Nc1ccc2ncnc(N3CCCCCC3CO)c2c1. The van der Waals surface area contributed by atoms with E-state index in [2.05, 4.69) is 14.9 Å². The lowest BCUT2D eigenvalue weighted by atomic mass is 10.1. The number of nitrogen functional groups attached to an aromatic ring is 1. The number of aromatic nitrogens is 2. The van der Waals surface area contributed by atoms with Crippen molar-refractivity contribution in [3.05, 3.63) is 24.5 Å². The lowest BCUT2D eigenvalue weighted by Crippen LogP contribution is -2.38. The molecule has 1 aromatic heterocycles. The number of aliphatic hydroxyl groups is 1. The van der Waals surface area contributed by atoms with Crippen LogP contribution in [0.2, 0.25) is 0 Å². The van der Waals surface area contributed by atoms with Gasteiger partial charge in [0.1, 0.15) is 12.1 Å². The van der Waals surface area contributed by atoms with Gasteiger partial charge in [-0.2, -0.15) is 0 Å². The molecule has 20 heavy (non-hydrogen) atoms. The lowest BCUT2D eigenvalue weighted by Gasteiger charge is -2.30. The second-order valence-electron chi connectivity index (χ2n) is 5.35. The molecule has 2 aromatic rings. The summed E-state index contributed by atoms with van der Waals surface area (Å²) in [5.74, 6) is 0.892. The van der Waals surface area contributed by atoms with Crippen LogP contribution in [0.5, 0.6) is 0 Å². The normalized spacial score (nSPS) is 20.1. The van der Waals surface area contributed by atoms with Crippen LogP contribution >= 0.6 is 0 Å². The van der Waals surface area contributed by atoms with Crippen LogP contribution in [0.4, 0.5) is 11.5 Å². The largest absolute Gasteiger partial charge is 0.399 e. The Bertz CT molecular complexity index is 601. The highest BCUT2D eigenvalue weighted by atomic mass is 16.3. The molecule has 5 nitrogen and oxygen atoms in total. The van der Waals surface area contributed by atoms with Crippen LogP contribution in [-0.4, -0.2) is 34.3 Å². The standard InChI is InChI=1S/C15H20N4O/c16-11-5-6-14-13(8-11)15(18-10-17-14)19-7-3-1-2-4-12(19)9-20/h5-6,8,10,12,20H,1-4,7,9,16H2. The Hall–Kier alpha value is -1.88. The molecule has 0 aliphatic carbocycles. The summed E-state index contributed by atoms with van der Waals surface area (Å²) in [4.78, 5) is 11.0. The van der Waals surface area contributed by atoms with Crippen LogP contribution in [0.15, 0.2) is 24.5 Å². The van der Waals surface area contributed by atoms with Gasteiger partial charge in [-0.15, -0.1) is 0 Å². The number of hydrogen-bond donors (Lipinski definition) is 2. The maximum absolute atomic E-state index is 9.66. The van der Waals surface area contributed by atoms with Gasteiger partial charge in [0.2, 0.25) is 0 Å². The number of nitrogens with zero attached hydrogens (tertiary/aromatic N) is 3. The lowest BCUT2D eigenvalue weighted by molar-refractivity contribution is 0.254. The zero-order valence-electron chi connectivity index (χ0n) is 11.5. The zero-order chi connectivity index (χ0) is 13.9. The minimum absolute atomic E-state index is 0.136. The van der Waals surface area contributed by atoms with Crippen molar-refractivity contribution in [1.82, 2.24) is 9.97 Å². The predicted molar refractivity (Wildman–Crippen MR) is 80.6 cm³/mol. The summed E-state index contributed by atoms with van der Waals surface area (Å²) in [6.45, 7) is 1.08. The van der Waals surface area contributed by atoms with E-state index in [1.54, 1.807) is 6.33 Å². The zero-order valence-corrected chi connectivity index (χ0v) is 11.5. The number of anilines is 2. The van der Waals surface area contributed by atoms with Crippen molar-refractivity contribution in [2.45, 2.75) is 31.7 Å². The summed E-state index contributed by atoms with van der Waals surface area (Å²) < 4.78 is 0. The summed E-state index contributed by atoms with van der Waals surface area (Å²) in [5, 5.41) is 10.6. The van der Waals surface area contributed by atoms with Crippen LogP contribution < -0.4 is 10.6 Å². The number of rotatable bonds is 2. The van der Waals surface area contributed by atoms with E-state index in [0.29, 0.717) is 5.69 Å². The van der Waals surface area contributed by atoms with Crippen molar-refractivity contribution in [2.24, 2.45) is 0 Å². The first-order chi connectivity index (χ1) is 9.79. The van der Waals surface area contributed by atoms with Gasteiger partial charge in [-0.1, -0.05) is 12.8 Å². The van der Waals surface area contributed by atoms with E-state index >= 15 is 0 Å². The topological polar surface area (TPSA) is 75.3 Å². The van der Waals surface area contributed by atoms with Gasteiger partial charge >= 0.3 is 0 Å². The average Bonchev–Trinajstić information content (AvgIpc) is 2.71. The molecule has 106 valence electrons. The molecule has 1 fully saturated rings. The number of fused-ring (bicyclic) bond motifs is 1. The number of benzene rings is 1. The summed E-state index contributed by atoms with van der Waals surface area (Å²) in [5.41, 5.74) is 7.50. The van der Waals surface area contributed by atoms with E-state index in [1.807, 2.05) is 18.2 Å². The fourth-order valence-electron chi connectivity index (χ4n) is 2.94. The molecule has 3 N–H and O–H groups in total. The Labute approximate surface area is 118 Å². The summed E-state index contributed by atoms with van der Waals surface area (Å²) in [7, 11) is 0. The summed E-state index contributed by atoms with van der Waals surface area (Å²) in [6, 6.07) is 5.83. The highest BCUT2D eigenvalue weighted by Crippen LogP contribution is 2.29. The Morgan fingerprint density at radius 2 is 2.15 bits per heavy atom. The molecule has 1 aromatic carbocycles. The van der Waals surface area contributed by atoms with E-state index in [9.17, 15) is 5.11 Å². The molecular formula is C15H20N4O. The third kappa shape index (κ3) is 2.41. The first-order valence-corrected chi connectivity index (χ1v) is 7.17. The van der Waals surface area contributed by atoms with Crippen LogP contribution in [0, 0.1) is 0 Å². The van der Waals surface area contributed by atoms with Crippen molar-refractivity contribution in [2.75, 3.05) is 23.8 Å². The quantitative estimate of drug-likeness (QED) is 0.817. The molecule has 1 saturated heterocycles. The highest BCUT2D eigenvalue weighted by Gasteiger charge is 2.23. The summed E-state index contributed by atoms with van der Waals surface area (Å²) in [6.07, 6.45) is 6.09. The second-order valence-corrected chi connectivity index (χ2v) is 5.35. The van der Waals surface area contributed by atoms with Crippen molar-refractivity contribution >= 4 is 22.4 Å². The minimum Gasteiger partial charge on any atom is -0.399 e. The van der Waals surface area contributed by atoms with Gasteiger partial charge in [-0.25, -0.2) is 9.97 Å². The number of hydrogen-bond acceptors (Lipinski definition) is 5. The van der Waals surface area contributed by atoms with Crippen LogP contribution in [-0.2, 0) is 0 Å². The molecule has 1 aliphatic heterocycles. The molecule has 0 radical (unpaired) electrons. The molecular weight excluding hydrogens is 252 g/mol. The molecule has 5 heteroatoms. The van der Waals surface area contributed by atoms with Gasteiger partial charge in [0.25, 0.3) is 0 Å². The molecule has 0 saturated carbocycles. The molecule has 0 amide bonds. The van der Waals surface area contributed by atoms with Crippen molar-refractivity contribution in [1.29, 1.82) is 0 Å². The Balaban J connectivity index is 2.09. The van der Waals surface area contributed by atoms with Gasteiger partial charge in [0.15, 0.2) is 0 Å².